The normalized spacial score (nSPS) is 15.4. The lowest BCUT2D eigenvalue weighted by Gasteiger charge is -2.32. The molecule has 31 heavy (non-hydrogen) atoms. The van der Waals surface area contributed by atoms with E-state index in [-0.39, 0.29) is 48.4 Å². The van der Waals surface area contributed by atoms with E-state index >= 15 is 0 Å². The van der Waals surface area contributed by atoms with Gasteiger partial charge in [0.2, 0.25) is 15.9 Å². The quantitative estimate of drug-likeness (QED) is 0.366. The molecule has 0 aliphatic carbocycles. The lowest BCUT2D eigenvalue weighted by Crippen LogP contribution is -2.49. The summed E-state index contributed by atoms with van der Waals surface area (Å²) in [6, 6.07) is 9.22. The zero-order valence-electron chi connectivity index (χ0n) is 16.5. The molecule has 0 saturated carbocycles. The van der Waals surface area contributed by atoms with E-state index in [4.69, 9.17) is 23.2 Å². The fourth-order valence-corrected chi connectivity index (χ4v) is 4.67. The highest BCUT2D eigenvalue weighted by atomic mass is 35.5. The number of piperazine rings is 1. The number of nitro benzene ring substituents is 1. The van der Waals surface area contributed by atoms with E-state index in [9.17, 15) is 23.3 Å². The average molecular weight is 484 g/mol. The smallest absolute Gasteiger partial charge is 0.277 e. The summed E-state index contributed by atoms with van der Waals surface area (Å²) in [6.07, 6.45) is 3.96. The van der Waals surface area contributed by atoms with Crippen LogP contribution in [0.2, 0.25) is 10.0 Å². The second kappa shape index (κ2) is 9.35. The van der Waals surface area contributed by atoms with Gasteiger partial charge in [-0.15, -0.1) is 0 Å². The number of sulfonamides is 1. The molecule has 0 N–H and O–H groups in total. The maximum Gasteiger partial charge on any atom is 0.277 e. The lowest BCUT2D eigenvalue weighted by atomic mass is 9.97. The minimum Gasteiger partial charge on any atom is -0.337 e. The molecule has 0 spiro atoms. The van der Waals surface area contributed by atoms with Crippen molar-refractivity contribution in [3.8, 4) is 11.1 Å². The molecule has 1 amide bonds. The minimum atomic E-state index is -3.30. The number of carbonyl (C=O) groups is 1. The monoisotopic (exact) mass is 483 g/mol. The third kappa shape index (κ3) is 5.43. The predicted octanol–water partition coefficient (Wildman–Crippen LogP) is 3.69. The summed E-state index contributed by atoms with van der Waals surface area (Å²) in [5.41, 5.74) is 0.995. The van der Waals surface area contributed by atoms with Gasteiger partial charge in [0.1, 0.15) is 0 Å². The first-order valence-electron chi connectivity index (χ1n) is 9.23. The number of carbonyl (C=O) groups excluding carboxylic acids is 1. The summed E-state index contributed by atoms with van der Waals surface area (Å²) in [5, 5.41) is 12.3. The number of halogens is 2. The van der Waals surface area contributed by atoms with Crippen LogP contribution in [0.3, 0.4) is 0 Å². The van der Waals surface area contributed by atoms with Crippen molar-refractivity contribution in [2.75, 3.05) is 32.4 Å². The number of rotatable bonds is 5. The Balaban J connectivity index is 1.90. The zero-order valence-corrected chi connectivity index (χ0v) is 18.8. The molecule has 0 unspecified atom stereocenters. The molecule has 3 rings (SSSR count). The van der Waals surface area contributed by atoms with Gasteiger partial charge in [0.05, 0.1) is 21.8 Å². The number of hydrogen-bond acceptors (Lipinski definition) is 5. The molecule has 1 aliphatic rings. The Kier molecular flexibility index (Phi) is 7.00. The van der Waals surface area contributed by atoms with Crippen LogP contribution in [0.15, 0.2) is 42.5 Å². The molecule has 0 radical (unpaired) electrons. The Morgan fingerprint density at radius 3 is 2.39 bits per heavy atom. The number of benzene rings is 2. The Hall–Kier alpha value is -2.46. The van der Waals surface area contributed by atoms with E-state index in [0.717, 1.165) is 6.26 Å². The van der Waals surface area contributed by atoms with Gasteiger partial charge in [0, 0.05) is 48.9 Å². The van der Waals surface area contributed by atoms with Crippen LogP contribution in [0.25, 0.3) is 17.2 Å². The number of nitrogens with zero attached hydrogens (tertiary/aromatic N) is 3. The number of hydrogen-bond donors (Lipinski definition) is 0. The molecule has 2 aromatic carbocycles. The summed E-state index contributed by atoms with van der Waals surface area (Å²) in [7, 11) is -3.30. The van der Waals surface area contributed by atoms with E-state index in [1.165, 1.54) is 39.6 Å². The van der Waals surface area contributed by atoms with Gasteiger partial charge in [-0.25, -0.2) is 8.42 Å². The zero-order chi connectivity index (χ0) is 22.8. The van der Waals surface area contributed by atoms with Gasteiger partial charge in [-0.3, -0.25) is 14.9 Å². The Morgan fingerprint density at radius 1 is 1.13 bits per heavy atom. The third-order valence-electron chi connectivity index (χ3n) is 4.90. The van der Waals surface area contributed by atoms with Crippen molar-refractivity contribution in [2.45, 2.75) is 0 Å². The number of amides is 1. The van der Waals surface area contributed by atoms with Gasteiger partial charge in [-0.1, -0.05) is 41.4 Å². The molecule has 2 aromatic rings. The van der Waals surface area contributed by atoms with Gasteiger partial charge < -0.3 is 4.90 Å². The molecule has 11 heteroatoms. The van der Waals surface area contributed by atoms with E-state index < -0.39 is 14.9 Å². The van der Waals surface area contributed by atoms with Gasteiger partial charge in [-0.05, 0) is 23.8 Å². The predicted molar refractivity (Wildman–Crippen MR) is 121 cm³/mol. The standard InChI is InChI=1S/C20H19Cl2N3O5S/c1-31(29,30)24-11-9-23(10-12-24)19(26)8-5-14-3-2-4-18(25(27)28)20(14)16-7-6-15(21)13-17(16)22/h2-8,13H,9-12H2,1H3/b8-5+. The highest BCUT2D eigenvalue weighted by Crippen LogP contribution is 2.39. The summed E-state index contributed by atoms with van der Waals surface area (Å²) >= 11 is 12.2. The molecule has 0 atom stereocenters. The first-order valence-corrected chi connectivity index (χ1v) is 11.8. The van der Waals surface area contributed by atoms with Crippen molar-refractivity contribution >= 4 is 50.9 Å². The van der Waals surface area contributed by atoms with Gasteiger partial charge in [-0.2, -0.15) is 4.31 Å². The largest absolute Gasteiger partial charge is 0.337 e. The molecule has 164 valence electrons. The molecule has 0 bridgehead atoms. The minimum absolute atomic E-state index is 0.152. The highest BCUT2D eigenvalue weighted by Gasteiger charge is 2.25. The van der Waals surface area contributed by atoms with Gasteiger partial charge in [0.25, 0.3) is 5.69 Å². The molecular weight excluding hydrogens is 465 g/mol. The fourth-order valence-electron chi connectivity index (χ4n) is 3.34. The first-order chi connectivity index (χ1) is 14.6. The van der Waals surface area contributed by atoms with Crippen LogP contribution in [0.1, 0.15) is 5.56 Å². The van der Waals surface area contributed by atoms with Gasteiger partial charge >= 0.3 is 0 Å². The van der Waals surface area contributed by atoms with Crippen molar-refractivity contribution in [3.63, 3.8) is 0 Å². The Bertz CT molecular complexity index is 1160. The Morgan fingerprint density at radius 2 is 1.81 bits per heavy atom. The van der Waals surface area contributed by atoms with Crippen LogP contribution in [0.5, 0.6) is 0 Å². The van der Waals surface area contributed by atoms with E-state index in [2.05, 4.69) is 0 Å². The number of nitro groups is 1. The maximum atomic E-state index is 12.6. The Labute approximate surface area is 189 Å². The van der Waals surface area contributed by atoms with Gasteiger partial charge in [0.15, 0.2) is 0 Å². The first kappa shape index (κ1) is 23.2. The summed E-state index contributed by atoms with van der Waals surface area (Å²) in [6.45, 7) is 0.976. The summed E-state index contributed by atoms with van der Waals surface area (Å²) in [4.78, 5) is 25.2. The van der Waals surface area contributed by atoms with Crippen LogP contribution in [-0.2, 0) is 14.8 Å². The molecular formula is C20H19Cl2N3O5S. The second-order valence-corrected chi connectivity index (χ2v) is 9.77. The fraction of sp³-hybridized carbons (Fsp3) is 0.250. The van der Waals surface area contributed by atoms with Crippen molar-refractivity contribution in [3.05, 3.63) is 68.2 Å². The molecule has 8 nitrogen and oxygen atoms in total. The van der Waals surface area contributed by atoms with Crippen LogP contribution < -0.4 is 0 Å². The van der Waals surface area contributed by atoms with Crippen molar-refractivity contribution in [2.24, 2.45) is 0 Å². The van der Waals surface area contributed by atoms with E-state index in [1.54, 1.807) is 18.2 Å². The lowest BCUT2D eigenvalue weighted by molar-refractivity contribution is -0.384. The van der Waals surface area contributed by atoms with Crippen LogP contribution in [0.4, 0.5) is 5.69 Å². The second-order valence-electron chi connectivity index (χ2n) is 6.94. The maximum absolute atomic E-state index is 12.6. The SMILES string of the molecule is CS(=O)(=O)N1CCN(C(=O)/C=C/c2cccc([N+](=O)[O-])c2-c2ccc(Cl)cc2Cl)CC1. The van der Waals surface area contributed by atoms with Crippen molar-refractivity contribution < 1.29 is 18.1 Å². The molecule has 1 aliphatic heterocycles. The summed E-state index contributed by atoms with van der Waals surface area (Å²) in [5.74, 6) is -0.312. The highest BCUT2D eigenvalue weighted by molar-refractivity contribution is 7.88. The molecule has 1 saturated heterocycles. The van der Waals surface area contributed by atoms with Crippen molar-refractivity contribution in [1.29, 1.82) is 0 Å². The van der Waals surface area contributed by atoms with E-state index in [1.807, 2.05) is 0 Å². The average Bonchev–Trinajstić information content (AvgIpc) is 2.71. The molecule has 1 heterocycles. The van der Waals surface area contributed by atoms with Crippen LogP contribution in [-0.4, -0.2) is 60.9 Å². The van der Waals surface area contributed by atoms with Crippen LogP contribution in [0, 0.1) is 10.1 Å². The van der Waals surface area contributed by atoms with Crippen molar-refractivity contribution in [1.82, 2.24) is 9.21 Å². The topological polar surface area (TPSA) is 101 Å². The molecule has 0 aromatic heterocycles. The van der Waals surface area contributed by atoms with E-state index in [0.29, 0.717) is 16.1 Å². The third-order valence-corrected chi connectivity index (χ3v) is 6.75. The molecule has 1 fully saturated rings. The summed E-state index contributed by atoms with van der Waals surface area (Å²) < 4.78 is 24.6. The van der Waals surface area contributed by atoms with Crippen LogP contribution >= 0.6 is 23.2 Å².